The van der Waals surface area contributed by atoms with E-state index in [0.29, 0.717) is 6.04 Å². The summed E-state index contributed by atoms with van der Waals surface area (Å²) in [7, 11) is 4.47. The van der Waals surface area contributed by atoms with Crippen molar-refractivity contribution in [3.8, 4) is 0 Å². The quantitative estimate of drug-likeness (QED) is 0.449. The molecule has 0 aromatic rings. The molecule has 0 amide bonds. The van der Waals surface area contributed by atoms with Crippen molar-refractivity contribution in [1.82, 2.24) is 0 Å². The topological polar surface area (TPSA) is 0 Å². The summed E-state index contributed by atoms with van der Waals surface area (Å²) < 4.78 is 0.997. The van der Waals surface area contributed by atoms with Gasteiger partial charge in [0, 0.05) is 6.92 Å². The zero-order chi connectivity index (χ0) is 7.78. The number of nitrogens with zero attached hydrogens (tertiary/aromatic N) is 1. The van der Waals surface area contributed by atoms with Gasteiger partial charge in [-0.15, -0.1) is 0 Å². The number of likely N-dealkylation sites (N-methyl/N-ethyl adjacent to an activating group) is 1. The number of hydrogen-bond acceptors (Lipinski definition) is 0. The normalized spacial score (nSPS) is 30.0. The van der Waals surface area contributed by atoms with Crippen LogP contribution in [0.2, 0.25) is 0 Å². The summed E-state index contributed by atoms with van der Waals surface area (Å²) in [6.07, 6.45) is 6.57. The highest BCUT2D eigenvalue weighted by molar-refractivity contribution is 5.12. The highest BCUT2D eigenvalue weighted by atomic mass is 15.3. The Balaban J connectivity index is 2.93. The number of hydrogen-bond donors (Lipinski definition) is 0. The first-order chi connectivity index (χ1) is 4.55. The van der Waals surface area contributed by atoms with Crippen molar-refractivity contribution in [3.63, 3.8) is 0 Å². The molecule has 1 unspecified atom stereocenters. The first-order valence-electron chi connectivity index (χ1n) is 3.74. The first-order valence-corrected chi connectivity index (χ1v) is 3.74. The van der Waals surface area contributed by atoms with Gasteiger partial charge in [0.1, 0.15) is 11.7 Å². The van der Waals surface area contributed by atoms with Crippen LogP contribution in [0.5, 0.6) is 0 Å². The molecule has 1 heteroatoms. The Morgan fingerprint density at radius 2 is 2.00 bits per heavy atom. The van der Waals surface area contributed by atoms with E-state index in [9.17, 15) is 0 Å². The molecular weight excluding hydrogens is 122 g/mol. The van der Waals surface area contributed by atoms with E-state index in [1.807, 2.05) is 0 Å². The van der Waals surface area contributed by atoms with Gasteiger partial charge in [0.05, 0.1) is 14.1 Å². The largest absolute Gasteiger partial charge is 0.294 e. The van der Waals surface area contributed by atoms with Gasteiger partial charge in [-0.1, -0.05) is 6.08 Å². The van der Waals surface area contributed by atoms with E-state index >= 15 is 0 Å². The summed E-state index contributed by atoms with van der Waals surface area (Å²) in [5.41, 5.74) is 1.43. The molecule has 0 bridgehead atoms. The van der Waals surface area contributed by atoms with Gasteiger partial charge in [-0.2, -0.15) is 0 Å². The Morgan fingerprint density at radius 3 is 2.40 bits per heavy atom. The summed E-state index contributed by atoms with van der Waals surface area (Å²) in [5, 5.41) is 0. The molecule has 0 radical (unpaired) electrons. The van der Waals surface area contributed by atoms with Crippen molar-refractivity contribution in [2.24, 2.45) is 0 Å². The van der Waals surface area contributed by atoms with Gasteiger partial charge in [0.15, 0.2) is 0 Å². The van der Waals surface area contributed by atoms with Crippen molar-refractivity contribution in [1.29, 1.82) is 0 Å². The molecule has 1 rings (SSSR count). The lowest BCUT2D eigenvalue weighted by atomic mass is 10.1. The molecule has 1 atom stereocenters. The Hall–Kier alpha value is -0.560. The zero-order valence-corrected chi connectivity index (χ0v) is 7.26. The summed E-state index contributed by atoms with van der Waals surface area (Å²) in [4.78, 5) is 0. The molecule has 0 saturated heterocycles. The van der Waals surface area contributed by atoms with Crippen molar-refractivity contribution >= 4 is 0 Å². The first kappa shape index (κ1) is 7.55. The molecule has 1 aliphatic rings. The van der Waals surface area contributed by atoms with Crippen LogP contribution < -0.4 is 0 Å². The van der Waals surface area contributed by atoms with Gasteiger partial charge in [-0.25, -0.2) is 0 Å². The number of quaternary nitrogens is 1. The van der Waals surface area contributed by atoms with Crippen LogP contribution in [0.4, 0.5) is 0 Å². The van der Waals surface area contributed by atoms with Crippen LogP contribution in [-0.2, 0) is 0 Å². The fourth-order valence-corrected chi connectivity index (χ4v) is 1.08. The smallest absolute Gasteiger partial charge is 0.109 e. The van der Waals surface area contributed by atoms with Gasteiger partial charge in [0.2, 0.25) is 0 Å². The van der Waals surface area contributed by atoms with Crippen LogP contribution in [0.15, 0.2) is 23.9 Å². The lowest BCUT2D eigenvalue weighted by molar-refractivity contribution is -0.870. The minimum Gasteiger partial charge on any atom is -0.294 e. The third-order valence-corrected chi connectivity index (χ3v) is 2.65. The molecular formula is C9H16N+. The van der Waals surface area contributed by atoms with E-state index < -0.39 is 0 Å². The Labute approximate surface area is 63.2 Å². The Bertz CT molecular complexity index is 187. The maximum atomic E-state index is 2.24. The molecule has 0 spiro atoms. The summed E-state index contributed by atoms with van der Waals surface area (Å²) >= 11 is 0. The molecule has 0 N–H and O–H groups in total. The lowest BCUT2D eigenvalue weighted by Crippen LogP contribution is -2.45. The van der Waals surface area contributed by atoms with E-state index in [0.717, 1.165) is 4.48 Å². The molecule has 10 heavy (non-hydrogen) atoms. The van der Waals surface area contributed by atoms with Crippen molar-refractivity contribution in [2.45, 2.75) is 19.9 Å². The molecule has 1 nitrogen and oxygen atoms in total. The number of allylic oxidation sites excluding steroid dienone is 3. The molecule has 0 aromatic heterocycles. The second kappa shape index (κ2) is 2.24. The van der Waals surface area contributed by atoms with Crippen LogP contribution in [0, 0.1) is 0 Å². The van der Waals surface area contributed by atoms with Crippen molar-refractivity contribution < 1.29 is 4.48 Å². The second-order valence-electron chi connectivity index (χ2n) is 3.47. The maximum absolute atomic E-state index is 2.24. The average Bonchev–Trinajstić information content (AvgIpc) is 1.84. The van der Waals surface area contributed by atoms with E-state index in [-0.39, 0.29) is 0 Å². The van der Waals surface area contributed by atoms with Crippen LogP contribution in [0.25, 0.3) is 0 Å². The fourth-order valence-electron chi connectivity index (χ4n) is 1.08. The monoisotopic (exact) mass is 138 g/mol. The van der Waals surface area contributed by atoms with Crippen LogP contribution in [-0.4, -0.2) is 24.6 Å². The minimum atomic E-state index is 0.616. The summed E-state index contributed by atoms with van der Waals surface area (Å²) in [5.74, 6) is 0. The molecule has 0 saturated carbocycles. The predicted molar refractivity (Wildman–Crippen MR) is 44.5 cm³/mol. The zero-order valence-electron chi connectivity index (χ0n) is 7.26. The van der Waals surface area contributed by atoms with Crippen LogP contribution >= 0.6 is 0 Å². The van der Waals surface area contributed by atoms with Crippen molar-refractivity contribution in [3.05, 3.63) is 23.9 Å². The van der Waals surface area contributed by atoms with Gasteiger partial charge in [0.25, 0.3) is 0 Å². The van der Waals surface area contributed by atoms with Crippen LogP contribution in [0.1, 0.15) is 13.8 Å². The van der Waals surface area contributed by atoms with Gasteiger partial charge in [-0.05, 0) is 19.1 Å². The summed E-state index contributed by atoms with van der Waals surface area (Å²) in [6.45, 7) is 4.42. The summed E-state index contributed by atoms with van der Waals surface area (Å²) in [6, 6.07) is 0.616. The SMILES string of the molecule is CC1=CC=CC(C)[N+]1(C)C. The fraction of sp³-hybridized carbons (Fsp3) is 0.556. The van der Waals surface area contributed by atoms with E-state index in [4.69, 9.17) is 0 Å². The van der Waals surface area contributed by atoms with E-state index in [1.165, 1.54) is 5.70 Å². The van der Waals surface area contributed by atoms with E-state index in [2.05, 4.69) is 46.2 Å². The third-order valence-electron chi connectivity index (χ3n) is 2.65. The molecule has 56 valence electrons. The molecule has 0 aromatic carbocycles. The predicted octanol–water partition coefficient (Wildman–Crippen LogP) is 1.92. The van der Waals surface area contributed by atoms with Gasteiger partial charge in [-0.3, -0.25) is 4.48 Å². The molecule has 1 aliphatic heterocycles. The number of rotatable bonds is 0. The standard InChI is InChI=1S/C9H16N/c1-8-6-5-7-9(2)10(8,3)4/h5-8H,1-4H3/q+1. The molecule has 0 aliphatic carbocycles. The Morgan fingerprint density at radius 1 is 1.40 bits per heavy atom. The third kappa shape index (κ3) is 1.01. The van der Waals surface area contributed by atoms with Crippen molar-refractivity contribution in [2.75, 3.05) is 14.1 Å². The van der Waals surface area contributed by atoms with E-state index in [1.54, 1.807) is 0 Å². The highest BCUT2D eigenvalue weighted by Gasteiger charge is 2.25. The minimum absolute atomic E-state index is 0.616. The van der Waals surface area contributed by atoms with Gasteiger partial charge < -0.3 is 0 Å². The Kier molecular flexibility index (Phi) is 1.69. The molecule has 0 fully saturated rings. The lowest BCUT2D eigenvalue weighted by Gasteiger charge is -2.36. The molecule has 1 heterocycles. The van der Waals surface area contributed by atoms with Crippen LogP contribution in [0.3, 0.4) is 0 Å². The van der Waals surface area contributed by atoms with Gasteiger partial charge >= 0.3 is 0 Å². The highest BCUT2D eigenvalue weighted by Crippen LogP contribution is 2.20. The second-order valence-corrected chi connectivity index (χ2v) is 3.47. The maximum Gasteiger partial charge on any atom is 0.109 e. The average molecular weight is 138 g/mol.